The second-order valence-corrected chi connectivity index (χ2v) is 8.41. The van der Waals surface area contributed by atoms with Gasteiger partial charge in [-0.3, -0.25) is 4.79 Å². The van der Waals surface area contributed by atoms with Crippen molar-refractivity contribution in [1.29, 1.82) is 0 Å². The Labute approximate surface area is 202 Å². The number of anilines is 1. The first-order chi connectivity index (χ1) is 17.0. The van der Waals surface area contributed by atoms with Crippen molar-refractivity contribution in [1.82, 2.24) is 9.80 Å². The van der Waals surface area contributed by atoms with Gasteiger partial charge in [0, 0.05) is 25.4 Å². The molecule has 0 bridgehead atoms. The summed E-state index contributed by atoms with van der Waals surface area (Å²) in [5.41, 5.74) is 1.03. The number of carbonyl (C=O) groups is 2. The fraction of sp³-hybridized carbons (Fsp3) is 0.308. The van der Waals surface area contributed by atoms with E-state index < -0.39 is 11.8 Å². The molecular formula is C26H27F2N3O4. The largest absolute Gasteiger partial charge is 0.467 e. The van der Waals surface area contributed by atoms with Gasteiger partial charge < -0.3 is 24.3 Å². The number of nitrogens with zero attached hydrogens (tertiary/aromatic N) is 2. The van der Waals surface area contributed by atoms with Gasteiger partial charge in [0.1, 0.15) is 23.9 Å². The highest BCUT2D eigenvalue weighted by atomic mass is 19.1. The van der Waals surface area contributed by atoms with E-state index in [1.54, 1.807) is 35.2 Å². The molecule has 0 aliphatic carbocycles. The summed E-state index contributed by atoms with van der Waals surface area (Å²) in [4.78, 5) is 29.4. The van der Waals surface area contributed by atoms with Crippen LogP contribution in [-0.4, -0.2) is 47.5 Å². The number of hydrogen-bond acceptors (Lipinski definition) is 4. The van der Waals surface area contributed by atoms with E-state index in [-0.39, 0.29) is 44.0 Å². The van der Waals surface area contributed by atoms with Crippen LogP contribution in [0.2, 0.25) is 0 Å². The minimum atomic E-state index is -0.529. The van der Waals surface area contributed by atoms with Crippen LogP contribution in [-0.2, 0) is 22.6 Å². The molecule has 1 aliphatic heterocycles. The summed E-state index contributed by atoms with van der Waals surface area (Å²) < 4.78 is 38.1. The fourth-order valence-electron chi connectivity index (χ4n) is 3.92. The van der Waals surface area contributed by atoms with E-state index in [1.165, 1.54) is 41.5 Å². The molecule has 7 nitrogen and oxygen atoms in total. The SMILES string of the molecule is O=C(CN(CC1CCCO1)C(=O)Nc1cccc(F)c1)N(Cc1ccc(F)cc1)Cc1ccco1. The van der Waals surface area contributed by atoms with Crippen molar-refractivity contribution in [2.24, 2.45) is 0 Å². The number of hydrogen-bond donors (Lipinski definition) is 1. The molecule has 1 unspecified atom stereocenters. The molecule has 1 atom stereocenters. The first kappa shape index (κ1) is 24.4. The van der Waals surface area contributed by atoms with Crippen molar-refractivity contribution in [2.45, 2.75) is 32.0 Å². The molecule has 1 aromatic heterocycles. The van der Waals surface area contributed by atoms with Crippen molar-refractivity contribution in [2.75, 3.05) is 25.0 Å². The Hall–Kier alpha value is -3.72. The highest BCUT2D eigenvalue weighted by molar-refractivity contribution is 5.92. The molecule has 4 rings (SSSR count). The lowest BCUT2D eigenvalue weighted by molar-refractivity contribution is -0.133. The van der Waals surface area contributed by atoms with Gasteiger partial charge in [-0.2, -0.15) is 0 Å². The average Bonchev–Trinajstić information content (AvgIpc) is 3.54. The van der Waals surface area contributed by atoms with Gasteiger partial charge in [0.2, 0.25) is 5.91 Å². The summed E-state index contributed by atoms with van der Waals surface area (Å²) >= 11 is 0. The van der Waals surface area contributed by atoms with E-state index in [0.717, 1.165) is 18.4 Å². The molecule has 184 valence electrons. The molecule has 2 heterocycles. The molecule has 9 heteroatoms. The van der Waals surface area contributed by atoms with Gasteiger partial charge in [-0.1, -0.05) is 18.2 Å². The average molecular weight is 484 g/mol. The second kappa shape index (κ2) is 11.6. The molecule has 3 amide bonds. The maximum absolute atomic E-state index is 13.6. The summed E-state index contributed by atoms with van der Waals surface area (Å²) in [5.74, 6) is -0.587. The molecule has 0 saturated carbocycles. The standard InChI is InChI=1S/C26H27F2N3O4/c27-20-10-8-19(9-11-20)15-30(16-23-6-2-12-34-23)25(32)18-31(17-24-7-3-13-35-24)26(33)29-22-5-1-4-21(28)14-22/h1-2,4-6,8-12,14,24H,3,7,13,15-18H2,(H,29,33). The van der Waals surface area contributed by atoms with Crippen LogP contribution in [0, 0.1) is 11.6 Å². The zero-order valence-electron chi connectivity index (χ0n) is 19.2. The molecule has 0 radical (unpaired) electrons. The van der Waals surface area contributed by atoms with Crippen molar-refractivity contribution in [3.8, 4) is 0 Å². The number of amides is 3. The van der Waals surface area contributed by atoms with E-state index >= 15 is 0 Å². The molecule has 0 spiro atoms. The monoisotopic (exact) mass is 483 g/mol. The molecule has 1 fully saturated rings. The van der Waals surface area contributed by atoms with Crippen molar-refractivity contribution in [3.05, 3.63) is 89.9 Å². The number of carbonyl (C=O) groups excluding carboxylic acids is 2. The van der Waals surface area contributed by atoms with Crippen LogP contribution in [0.25, 0.3) is 0 Å². The van der Waals surface area contributed by atoms with Crippen LogP contribution in [0.1, 0.15) is 24.2 Å². The quantitative estimate of drug-likeness (QED) is 0.475. The van der Waals surface area contributed by atoms with E-state index in [2.05, 4.69) is 5.32 Å². The topological polar surface area (TPSA) is 75.0 Å². The van der Waals surface area contributed by atoms with Gasteiger partial charge in [-0.25, -0.2) is 13.6 Å². The van der Waals surface area contributed by atoms with Crippen LogP contribution >= 0.6 is 0 Å². The Morgan fingerprint density at radius 3 is 2.49 bits per heavy atom. The summed E-state index contributed by atoms with van der Waals surface area (Å²) in [6.07, 6.45) is 3.00. The van der Waals surface area contributed by atoms with Crippen LogP contribution in [0.15, 0.2) is 71.3 Å². The molecule has 2 aromatic carbocycles. The number of furan rings is 1. The Morgan fingerprint density at radius 2 is 1.80 bits per heavy atom. The zero-order valence-corrected chi connectivity index (χ0v) is 19.2. The molecule has 1 N–H and O–H groups in total. The van der Waals surface area contributed by atoms with E-state index in [4.69, 9.17) is 9.15 Å². The Morgan fingerprint density at radius 1 is 0.971 bits per heavy atom. The Kier molecular flexibility index (Phi) is 8.10. The van der Waals surface area contributed by atoms with Gasteiger partial charge in [0.25, 0.3) is 0 Å². The second-order valence-electron chi connectivity index (χ2n) is 8.41. The third-order valence-electron chi connectivity index (χ3n) is 5.70. The number of nitrogens with one attached hydrogen (secondary N) is 1. The van der Waals surface area contributed by atoms with Gasteiger partial charge in [-0.15, -0.1) is 0 Å². The van der Waals surface area contributed by atoms with Crippen LogP contribution in [0.4, 0.5) is 19.3 Å². The van der Waals surface area contributed by atoms with E-state index in [9.17, 15) is 18.4 Å². The minimum Gasteiger partial charge on any atom is -0.467 e. The third-order valence-corrected chi connectivity index (χ3v) is 5.70. The van der Waals surface area contributed by atoms with Crippen LogP contribution in [0.5, 0.6) is 0 Å². The normalized spacial score (nSPS) is 15.1. The van der Waals surface area contributed by atoms with Crippen LogP contribution in [0.3, 0.4) is 0 Å². The first-order valence-corrected chi connectivity index (χ1v) is 11.4. The molecule has 1 saturated heterocycles. The zero-order chi connectivity index (χ0) is 24.6. The summed E-state index contributed by atoms with van der Waals surface area (Å²) in [7, 11) is 0. The number of rotatable bonds is 9. The fourth-order valence-corrected chi connectivity index (χ4v) is 3.92. The van der Waals surface area contributed by atoms with E-state index in [0.29, 0.717) is 18.1 Å². The summed E-state index contributed by atoms with van der Waals surface area (Å²) in [6, 6.07) is 14.4. The van der Waals surface area contributed by atoms with Crippen molar-refractivity contribution in [3.63, 3.8) is 0 Å². The van der Waals surface area contributed by atoms with E-state index in [1.807, 2.05) is 0 Å². The number of halogens is 2. The lowest BCUT2D eigenvalue weighted by Crippen LogP contribution is -2.46. The summed E-state index contributed by atoms with van der Waals surface area (Å²) in [5, 5.41) is 2.66. The smallest absolute Gasteiger partial charge is 0.322 e. The number of benzene rings is 2. The predicted octanol–water partition coefficient (Wildman–Crippen LogP) is 4.80. The van der Waals surface area contributed by atoms with Crippen LogP contribution < -0.4 is 5.32 Å². The maximum Gasteiger partial charge on any atom is 0.322 e. The van der Waals surface area contributed by atoms with Gasteiger partial charge in [0.15, 0.2) is 0 Å². The first-order valence-electron chi connectivity index (χ1n) is 11.4. The molecule has 35 heavy (non-hydrogen) atoms. The number of urea groups is 1. The van der Waals surface area contributed by atoms with Gasteiger partial charge >= 0.3 is 6.03 Å². The lowest BCUT2D eigenvalue weighted by Gasteiger charge is -2.29. The Balaban J connectivity index is 1.50. The maximum atomic E-state index is 13.6. The van der Waals surface area contributed by atoms with Gasteiger partial charge in [-0.05, 0) is 60.9 Å². The number of ether oxygens (including phenoxy) is 1. The highest BCUT2D eigenvalue weighted by Gasteiger charge is 2.27. The third kappa shape index (κ3) is 7.13. The minimum absolute atomic E-state index is 0.183. The summed E-state index contributed by atoms with van der Waals surface area (Å²) in [6.45, 7) is 0.996. The molecule has 3 aromatic rings. The Bertz CT molecular complexity index is 1120. The lowest BCUT2D eigenvalue weighted by atomic mass is 10.2. The molecule has 1 aliphatic rings. The van der Waals surface area contributed by atoms with Gasteiger partial charge in [0.05, 0.1) is 18.9 Å². The van der Waals surface area contributed by atoms with Crippen molar-refractivity contribution < 1.29 is 27.5 Å². The van der Waals surface area contributed by atoms with Crippen molar-refractivity contribution >= 4 is 17.6 Å². The predicted molar refractivity (Wildman–Crippen MR) is 125 cm³/mol. The highest BCUT2D eigenvalue weighted by Crippen LogP contribution is 2.17. The molecular weight excluding hydrogens is 456 g/mol.